The van der Waals surface area contributed by atoms with Gasteiger partial charge in [-0.1, -0.05) is 0 Å². The van der Waals surface area contributed by atoms with Crippen molar-refractivity contribution < 1.29 is 4.79 Å². The number of anilines is 1. The van der Waals surface area contributed by atoms with Gasteiger partial charge in [-0.15, -0.1) is 0 Å². The van der Waals surface area contributed by atoms with E-state index in [1.54, 1.807) is 11.3 Å². The van der Waals surface area contributed by atoms with E-state index in [-0.39, 0.29) is 5.92 Å². The Morgan fingerprint density at radius 1 is 1.19 bits per heavy atom. The minimum absolute atomic E-state index is 0.173. The Bertz CT molecular complexity index is 628. The van der Waals surface area contributed by atoms with Crippen molar-refractivity contribution in [2.24, 2.45) is 11.8 Å². The summed E-state index contributed by atoms with van der Waals surface area (Å²) in [4.78, 5) is 21.0. The van der Waals surface area contributed by atoms with Crippen molar-refractivity contribution >= 4 is 22.9 Å². The van der Waals surface area contributed by atoms with E-state index in [4.69, 9.17) is 0 Å². The Balaban J connectivity index is 1.44. The van der Waals surface area contributed by atoms with E-state index in [1.165, 1.54) is 5.56 Å². The maximum atomic E-state index is 12.6. The van der Waals surface area contributed by atoms with Gasteiger partial charge in [0, 0.05) is 49.9 Å². The summed E-state index contributed by atoms with van der Waals surface area (Å²) in [5, 5.41) is 4.10. The fourth-order valence-corrected chi connectivity index (χ4v) is 4.11. The van der Waals surface area contributed by atoms with Crippen LogP contribution in [0.1, 0.15) is 5.56 Å². The second-order valence-corrected chi connectivity index (χ2v) is 6.63. The van der Waals surface area contributed by atoms with Crippen LogP contribution in [0.4, 0.5) is 5.69 Å². The highest BCUT2D eigenvalue weighted by atomic mass is 32.1. The SMILES string of the molecule is O=C1[C@@H]2CN(Cc3ccncc3)C[C@@H]2CN1c1ccsc1. The Kier molecular flexibility index (Phi) is 3.24. The van der Waals surface area contributed by atoms with Crippen LogP contribution in [0, 0.1) is 11.8 Å². The lowest BCUT2D eigenvalue weighted by Crippen LogP contribution is -2.32. The van der Waals surface area contributed by atoms with Crippen molar-refractivity contribution in [3.8, 4) is 0 Å². The zero-order valence-corrected chi connectivity index (χ0v) is 12.5. The molecule has 21 heavy (non-hydrogen) atoms. The molecule has 5 heteroatoms. The number of pyridine rings is 1. The molecule has 108 valence electrons. The van der Waals surface area contributed by atoms with Gasteiger partial charge in [0.2, 0.25) is 5.91 Å². The molecule has 0 unspecified atom stereocenters. The number of carbonyl (C=O) groups excluding carboxylic acids is 1. The van der Waals surface area contributed by atoms with E-state index in [9.17, 15) is 4.79 Å². The summed E-state index contributed by atoms with van der Waals surface area (Å²) in [5.41, 5.74) is 2.34. The summed E-state index contributed by atoms with van der Waals surface area (Å²) < 4.78 is 0. The maximum Gasteiger partial charge on any atom is 0.231 e. The number of amides is 1. The van der Waals surface area contributed by atoms with E-state index in [0.29, 0.717) is 11.8 Å². The molecule has 2 saturated heterocycles. The number of likely N-dealkylation sites (tertiary alicyclic amines) is 1. The lowest BCUT2D eigenvalue weighted by Gasteiger charge is -2.20. The molecule has 0 spiro atoms. The lowest BCUT2D eigenvalue weighted by molar-refractivity contribution is -0.120. The first-order valence-corrected chi connectivity index (χ1v) is 8.20. The minimum atomic E-state index is 0.173. The highest BCUT2D eigenvalue weighted by molar-refractivity contribution is 7.08. The van der Waals surface area contributed by atoms with Crippen LogP contribution in [0.15, 0.2) is 41.4 Å². The molecular formula is C16H17N3OS. The van der Waals surface area contributed by atoms with Gasteiger partial charge in [0.1, 0.15) is 0 Å². The van der Waals surface area contributed by atoms with Crippen molar-refractivity contribution in [1.29, 1.82) is 0 Å². The van der Waals surface area contributed by atoms with Crippen molar-refractivity contribution in [3.05, 3.63) is 46.9 Å². The number of carbonyl (C=O) groups is 1. The van der Waals surface area contributed by atoms with E-state index < -0.39 is 0 Å². The Morgan fingerprint density at radius 3 is 2.76 bits per heavy atom. The third kappa shape index (κ3) is 2.36. The number of thiophene rings is 1. The molecule has 0 N–H and O–H groups in total. The third-order valence-corrected chi connectivity index (χ3v) is 5.16. The summed E-state index contributed by atoms with van der Waals surface area (Å²) >= 11 is 1.65. The molecule has 2 aromatic heterocycles. The predicted octanol–water partition coefficient (Wildman–Crippen LogP) is 2.24. The third-order valence-electron chi connectivity index (χ3n) is 4.49. The van der Waals surface area contributed by atoms with Crippen LogP contribution in [0.3, 0.4) is 0 Å². The number of aromatic nitrogens is 1. The van der Waals surface area contributed by atoms with Crippen LogP contribution in [-0.2, 0) is 11.3 Å². The van der Waals surface area contributed by atoms with Crippen LogP contribution < -0.4 is 4.90 Å². The quantitative estimate of drug-likeness (QED) is 0.872. The average Bonchev–Trinajstić information content (AvgIpc) is 3.19. The number of fused-ring (bicyclic) bond motifs is 1. The van der Waals surface area contributed by atoms with Gasteiger partial charge in [-0.05, 0) is 29.1 Å². The molecule has 4 rings (SSSR count). The molecule has 0 bridgehead atoms. The number of hydrogen-bond donors (Lipinski definition) is 0. The average molecular weight is 299 g/mol. The molecular weight excluding hydrogens is 282 g/mol. The fraction of sp³-hybridized carbons (Fsp3) is 0.375. The van der Waals surface area contributed by atoms with Gasteiger partial charge in [-0.2, -0.15) is 11.3 Å². The molecule has 2 aromatic rings. The number of nitrogens with zero attached hydrogens (tertiary/aromatic N) is 3. The maximum absolute atomic E-state index is 12.6. The van der Waals surface area contributed by atoms with Gasteiger partial charge in [-0.25, -0.2) is 0 Å². The van der Waals surface area contributed by atoms with Gasteiger partial charge in [0.15, 0.2) is 0 Å². The van der Waals surface area contributed by atoms with Crippen LogP contribution >= 0.6 is 11.3 Å². The van der Waals surface area contributed by atoms with Crippen LogP contribution in [0.5, 0.6) is 0 Å². The Labute approximate surface area is 128 Å². The van der Waals surface area contributed by atoms with E-state index in [1.807, 2.05) is 40.9 Å². The van der Waals surface area contributed by atoms with Crippen LogP contribution in [0.2, 0.25) is 0 Å². The van der Waals surface area contributed by atoms with Gasteiger partial charge in [-0.3, -0.25) is 14.7 Å². The first-order chi connectivity index (χ1) is 10.3. The van der Waals surface area contributed by atoms with Crippen molar-refractivity contribution in [2.75, 3.05) is 24.5 Å². The lowest BCUT2D eigenvalue weighted by atomic mass is 10.0. The highest BCUT2D eigenvalue weighted by Gasteiger charge is 2.46. The van der Waals surface area contributed by atoms with Gasteiger partial charge in [0.25, 0.3) is 0 Å². The first-order valence-electron chi connectivity index (χ1n) is 7.26. The number of hydrogen-bond acceptors (Lipinski definition) is 4. The normalized spacial score (nSPS) is 25.5. The summed E-state index contributed by atoms with van der Waals surface area (Å²) in [5.74, 6) is 0.946. The summed E-state index contributed by atoms with van der Waals surface area (Å²) in [6.07, 6.45) is 3.66. The van der Waals surface area contributed by atoms with Crippen molar-refractivity contribution in [3.63, 3.8) is 0 Å². The monoisotopic (exact) mass is 299 g/mol. The summed E-state index contributed by atoms with van der Waals surface area (Å²) in [6, 6.07) is 6.14. The fourth-order valence-electron chi connectivity index (χ4n) is 3.47. The van der Waals surface area contributed by atoms with Gasteiger partial charge < -0.3 is 4.90 Å². The zero-order valence-electron chi connectivity index (χ0n) is 11.7. The first kappa shape index (κ1) is 13.0. The van der Waals surface area contributed by atoms with Gasteiger partial charge >= 0.3 is 0 Å². The largest absolute Gasteiger partial charge is 0.311 e. The molecule has 2 aliphatic heterocycles. The standard InChI is InChI=1S/C16H17N3OS/c20-16-15-10-18(7-12-1-4-17-5-2-12)8-13(15)9-19(16)14-3-6-21-11-14/h1-6,11,13,15H,7-10H2/t13-,15-/m1/s1. The topological polar surface area (TPSA) is 36.4 Å². The smallest absolute Gasteiger partial charge is 0.231 e. The molecule has 2 fully saturated rings. The second kappa shape index (κ2) is 5.24. The van der Waals surface area contributed by atoms with Crippen LogP contribution in [0.25, 0.3) is 0 Å². The molecule has 1 amide bonds. The van der Waals surface area contributed by atoms with E-state index >= 15 is 0 Å². The minimum Gasteiger partial charge on any atom is -0.311 e. The molecule has 0 aliphatic carbocycles. The molecule has 0 aromatic carbocycles. The summed E-state index contributed by atoms with van der Waals surface area (Å²) in [6.45, 7) is 3.68. The molecule has 2 atom stereocenters. The molecule has 4 nitrogen and oxygen atoms in total. The van der Waals surface area contributed by atoms with Crippen molar-refractivity contribution in [1.82, 2.24) is 9.88 Å². The molecule has 2 aliphatic rings. The van der Waals surface area contributed by atoms with Crippen molar-refractivity contribution in [2.45, 2.75) is 6.54 Å². The molecule has 0 saturated carbocycles. The van der Waals surface area contributed by atoms with Gasteiger partial charge in [0.05, 0.1) is 11.6 Å². The molecule has 0 radical (unpaired) electrons. The summed E-state index contributed by atoms with van der Waals surface area (Å²) in [7, 11) is 0. The van der Waals surface area contributed by atoms with Crippen LogP contribution in [-0.4, -0.2) is 35.4 Å². The van der Waals surface area contributed by atoms with E-state index in [2.05, 4.69) is 15.3 Å². The predicted molar refractivity (Wildman–Crippen MR) is 83.2 cm³/mol. The molecule has 4 heterocycles. The Morgan fingerprint density at radius 2 is 2.05 bits per heavy atom. The van der Waals surface area contributed by atoms with E-state index in [0.717, 1.165) is 31.9 Å². The number of rotatable bonds is 3. The second-order valence-electron chi connectivity index (χ2n) is 5.85. The highest BCUT2D eigenvalue weighted by Crippen LogP contribution is 2.36. The zero-order chi connectivity index (χ0) is 14.2. The Hall–Kier alpha value is -1.72.